The lowest BCUT2D eigenvalue weighted by Crippen LogP contribution is -2.48. The second kappa shape index (κ2) is 14.6. The third-order valence-electron chi connectivity index (χ3n) is 6.44. The average molecular weight is 540 g/mol. The Kier molecular flexibility index (Phi) is 10.6. The number of rotatable bonds is 13. The van der Waals surface area contributed by atoms with Crippen LogP contribution in [0.25, 0.3) is 0 Å². The molecule has 1 aliphatic heterocycles. The van der Waals surface area contributed by atoms with Crippen molar-refractivity contribution in [3.63, 3.8) is 0 Å². The van der Waals surface area contributed by atoms with E-state index in [0.29, 0.717) is 62.3 Å². The SMILES string of the molecule is O=C(COc1ccc(Cl)cc1)N(CCN1CCOCC1)CC(=O)N(CCc1ccccc1)Cc1ccco1. The molecule has 2 amide bonds. The maximum atomic E-state index is 13.6. The van der Waals surface area contributed by atoms with Crippen molar-refractivity contribution in [2.24, 2.45) is 0 Å². The van der Waals surface area contributed by atoms with Crippen LogP contribution < -0.4 is 4.74 Å². The van der Waals surface area contributed by atoms with Crippen molar-refractivity contribution in [3.8, 4) is 5.75 Å². The number of morpholine rings is 1. The van der Waals surface area contributed by atoms with E-state index in [1.54, 1.807) is 46.4 Å². The van der Waals surface area contributed by atoms with E-state index in [1.807, 2.05) is 36.4 Å². The van der Waals surface area contributed by atoms with Crippen molar-refractivity contribution in [1.29, 1.82) is 0 Å². The maximum Gasteiger partial charge on any atom is 0.261 e. The number of ether oxygens (including phenoxy) is 2. The number of amides is 2. The predicted molar refractivity (Wildman–Crippen MR) is 145 cm³/mol. The van der Waals surface area contributed by atoms with Gasteiger partial charge in [-0.2, -0.15) is 0 Å². The van der Waals surface area contributed by atoms with Crippen LogP contribution in [0, 0.1) is 0 Å². The Morgan fingerprint density at radius 2 is 1.66 bits per heavy atom. The third kappa shape index (κ3) is 8.90. The first kappa shape index (κ1) is 27.7. The number of hydrogen-bond acceptors (Lipinski definition) is 6. The van der Waals surface area contributed by atoms with Crippen LogP contribution in [0.2, 0.25) is 5.02 Å². The summed E-state index contributed by atoms with van der Waals surface area (Å²) in [5.74, 6) is 0.856. The Bertz CT molecular complexity index is 1120. The van der Waals surface area contributed by atoms with Crippen molar-refractivity contribution in [2.75, 3.05) is 59.1 Å². The Balaban J connectivity index is 1.42. The van der Waals surface area contributed by atoms with Crippen molar-refractivity contribution in [3.05, 3.63) is 89.3 Å². The minimum Gasteiger partial charge on any atom is -0.484 e. The minimum absolute atomic E-state index is 0.0390. The first-order valence-electron chi connectivity index (χ1n) is 12.9. The quantitative estimate of drug-likeness (QED) is 0.329. The van der Waals surface area contributed by atoms with Gasteiger partial charge in [0.2, 0.25) is 5.91 Å². The molecule has 0 bridgehead atoms. The van der Waals surface area contributed by atoms with Crippen LogP contribution in [0.15, 0.2) is 77.4 Å². The zero-order valence-electron chi connectivity index (χ0n) is 21.5. The summed E-state index contributed by atoms with van der Waals surface area (Å²) in [6, 6.07) is 20.5. The van der Waals surface area contributed by atoms with E-state index in [4.69, 9.17) is 25.5 Å². The van der Waals surface area contributed by atoms with E-state index in [2.05, 4.69) is 4.90 Å². The lowest BCUT2D eigenvalue weighted by atomic mass is 10.1. The molecule has 0 N–H and O–H groups in total. The van der Waals surface area contributed by atoms with Gasteiger partial charge in [-0.05, 0) is 48.4 Å². The van der Waals surface area contributed by atoms with Gasteiger partial charge in [-0.25, -0.2) is 0 Å². The van der Waals surface area contributed by atoms with Gasteiger partial charge in [0, 0.05) is 37.7 Å². The number of benzene rings is 2. The minimum atomic E-state index is -0.248. The average Bonchev–Trinajstić information content (AvgIpc) is 3.47. The highest BCUT2D eigenvalue weighted by molar-refractivity contribution is 6.30. The fourth-order valence-corrected chi connectivity index (χ4v) is 4.33. The summed E-state index contributed by atoms with van der Waals surface area (Å²) < 4.78 is 16.7. The second-order valence-corrected chi connectivity index (χ2v) is 9.58. The Labute approximate surface area is 228 Å². The van der Waals surface area contributed by atoms with E-state index in [-0.39, 0.29) is 25.0 Å². The summed E-state index contributed by atoms with van der Waals surface area (Å²) in [7, 11) is 0. The number of furan rings is 1. The highest BCUT2D eigenvalue weighted by Gasteiger charge is 2.24. The molecule has 2 aromatic carbocycles. The molecule has 202 valence electrons. The molecule has 0 spiro atoms. The van der Waals surface area contributed by atoms with Crippen LogP contribution in [0.5, 0.6) is 5.75 Å². The number of halogens is 1. The molecule has 0 saturated carbocycles. The van der Waals surface area contributed by atoms with Crippen molar-refractivity contribution in [1.82, 2.24) is 14.7 Å². The molecule has 0 radical (unpaired) electrons. The fourth-order valence-electron chi connectivity index (χ4n) is 4.20. The first-order chi connectivity index (χ1) is 18.6. The summed E-state index contributed by atoms with van der Waals surface area (Å²) in [5.41, 5.74) is 1.14. The summed E-state index contributed by atoms with van der Waals surface area (Å²) in [6.45, 7) is 4.67. The Morgan fingerprint density at radius 1 is 0.895 bits per heavy atom. The zero-order chi connectivity index (χ0) is 26.6. The topological polar surface area (TPSA) is 75.5 Å². The molecule has 2 heterocycles. The highest BCUT2D eigenvalue weighted by Crippen LogP contribution is 2.16. The molecule has 0 unspecified atom stereocenters. The van der Waals surface area contributed by atoms with Gasteiger partial charge in [0.25, 0.3) is 5.91 Å². The maximum absolute atomic E-state index is 13.6. The Hall–Kier alpha value is -3.33. The normalized spacial score (nSPS) is 13.7. The largest absolute Gasteiger partial charge is 0.484 e. The van der Waals surface area contributed by atoms with Crippen LogP contribution in [0.3, 0.4) is 0 Å². The number of carbonyl (C=O) groups is 2. The fraction of sp³-hybridized carbons (Fsp3) is 0.379. The highest BCUT2D eigenvalue weighted by atomic mass is 35.5. The standard InChI is InChI=1S/C29H34ClN3O5/c30-25-8-10-26(11-9-25)38-23-29(35)33(15-14-31-16-19-36-20-17-31)22-28(34)32(21-27-7-4-18-37-27)13-12-24-5-2-1-3-6-24/h1-11,18H,12-17,19-23H2. The monoisotopic (exact) mass is 539 g/mol. The lowest BCUT2D eigenvalue weighted by molar-refractivity contribution is -0.142. The van der Waals surface area contributed by atoms with E-state index in [1.165, 1.54) is 0 Å². The summed E-state index contributed by atoms with van der Waals surface area (Å²) in [4.78, 5) is 32.4. The van der Waals surface area contributed by atoms with Gasteiger partial charge < -0.3 is 23.7 Å². The molecular formula is C29H34ClN3O5. The van der Waals surface area contributed by atoms with Crippen LogP contribution in [-0.2, 0) is 27.3 Å². The van der Waals surface area contributed by atoms with Crippen LogP contribution in [0.4, 0.5) is 0 Å². The molecule has 1 fully saturated rings. The van der Waals surface area contributed by atoms with Gasteiger partial charge in [-0.15, -0.1) is 0 Å². The van der Waals surface area contributed by atoms with E-state index in [9.17, 15) is 9.59 Å². The van der Waals surface area contributed by atoms with Gasteiger partial charge in [0.15, 0.2) is 6.61 Å². The zero-order valence-corrected chi connectivity index (χ0v) is 22.2. The van der Waals surface area contributed by atoms with Crippen molar-refractivity contribution in [2.45, 2.75) is 13.0 Å². The number of carbonyl (C=O) groups excluding carboxylic acids is 2. The van der Waals surface area contributed by atoms with E-state index >= 15 is 0 Å². The van der Waals surface area contributed by atoms with Crippen molar-refractivity contribution < 1.29 is 23.5 Å². The molecular weight excluding hydrogens is 506 g/mol. The van der Waals surface area contributed by atoms with Gasteiger partial charge in [0.1, 0.15) is 11.5 Å². The van der Waals surface area contributed by atoms with E-state index < -0.39 is 0 Å². The molecule has 0 aliphatic carbocycles. The molecule has 4 rings (SSSR count). The lowest BCUT2D eigenvalue weighted by Gasteiger charge is -2.31. The molecule has 0 atom stereocenters. The van der Waals surface area contributed by atoms with E-state index in [0.717, 1.165) is 18.7 Å². The van der Waals surface area contributed by atoms with Gasteiger partial charge in [-0.3, -0.25) is 14.5 Å². The molecule has 8 nitrogen and oxygen atoms in total. The Morgan fingerprint density at radius 3 is 2.37 bits per heavy atom. The number of nitrogens with zero attached hydrogens (tertiary/aromatic N) is 3. The molecule has 1 saturated heterocycles. The van der Waals surface area contributed by atoms with Gasteiger partial charge in [-0.1, -0.05) is 41.9 Å². The summed E-state index contributed by atoms with van der Waals surface area (Å²) in [5, 5.41) is 0.591. The molecule has 3 aromatic rings. The molecule has 1 aromatic heterocycles. The molecule has 1 aliphatic rings. The first-order valence-corrected chi connectivity index (χ1v) is 13.2. The molecule has 38 heavy (non-hydrogen) atoms. The second-order valence-electron chi connectivity index (χ2n) is 9.14. The number of hydrogen-bond donors (Lipinski definition) is 0. The molecule has 9 heteroatoms. The predicted octanol–water partition coefficient (Wildman–Crippen LogP) is 3.74. The smallest absolute Gasteiger partial charge is 0.261 e. The van der Waals surface area contributed by atoms with Crippen LogP contribution in [-0.4, -0.2) is 85.6 Å². The van der Waals surface area contributed by atoms with Crippen LogP contribution in [0.1, 0.15) is 11.3 Å². The summed E-state index contributed by atoms with van der Waals surface area (Å²) >= 11 is 5.95. The van der Waals surface area contributed by atoms with Crippen molar-refractivity contribution >= 4 is 23.4 Å². The van der Waals surface area contributed by atoms with Gasteiger partial charge >= 0.3 is 0 Å². The summed E-state index contributed by atoms with van der Waals surface area (Å²) in [6.07, 6.45) is 2.30. The third-order valence-corrected chi connectivity index (χ3v) is 6.69. The van der Waals surface area contributed by atoms with Crippen LogP contribution >= 0.6 is 11.6 Å². The van der Waals surface area contributed by atoms with Gasteiger partial charge in [0.05, 0.1) is 32.6 Å².